The topological polar surface area (TPSA) is 77.8 Å². The summed E-state index contributed by atoms with van der Waals surface area (Å²) in [6, 6.07) is 0. The predicted molar refractivity (Wildman–Crippen MR) is 152 cm³/mol. The van der Waals surface area contributed by atoms with E-state index in [1.807, 2.05) is 21.1 Å². The number of nitrogens with zero attached hydrogens (tertiary/aromatic N) is 1. The second-order valence-corrected chi connectivity index (χ2v) is 13.3. The minimum Gasteiger partial charge on any atom is -0.373 e. The summed E-state index contributed by atoms with van der Waals surface area (Å²) >= 11 is 0. The van der Waals surface area contributed by atoms with Crippen molar-refractivity contribution in [3.8, 4) is 0 Å². The van der Waals surface area contributed by atoms with Gasteiger partial charge in [-0.3, -0.25) is 4.57 Å². The molecular weight excluding hydrogens is 457 g/mol. The van der Waals surface area contributed by atoms with Crippen LogP contribution in [0.3, 0.4) is 0 Å². The SMILES string of the molecule is CCCCCCCCCCCC/C=C\CCCC/C=C\CCCCC(O)(C[N+](C)(C)C)P(=O)(O)O. The third-order valence-corrected chi connectivity index (χ3v) is 7.97. The monoisotopic (exact) mass is 516 g/mol. The molecule has 0 aromatic heterocycles. The van der Waals surface area contributed by atoms with Crippen LogP contribution >= 0.6 is 7.60 Å². The quantitative estimate of drug-likeness (QED) is 0.0524. The van der Waals surface area contributed by atoms with Crippen LogP contribution in [0, 0.1) is 0 Å². The highest BCUT2D eigenvalue weighted by Gasteiger charge is 2.48. The summed E-state index contributed by atoms with van der Waals surface area (Å²) in [7, 11) is 0.929. The number of hydrogen-bond acceptors (Lipinski definition) is 2. The molecule has 0 heterocycles. The zero-order valence-corrected chi connectivity index (χ0v) is 24.5. The maximum Gasteiger partial charge on any atom is 0.362 e. The highest BCUT2D eigenvalue weighted by atomic mass is 31.2. The van der Waals surface area contributed by atoms with Crippen molar-refractivity contribution in [3.63, 3.8) is 0 Å². The van der Waals surface area contributed by atoms with Crippen molar-refractivity contribution >= 4 is 7.60 Å². The summed E-state index contributed by atoms with van der Waals surface area (Å²) in [5.74, 6) is 0. The van der Waals surface area contributed by atoms with Crippen LogP contribution in [0.15, 0.2) is 24.3 Å². The van der Waals surface area contributed by atoms with Gasteiger partial charge in [-0.2, -0.15) is 0 Å². The second-order valence-electron chi connectivity index (χ2n) is 11.4. The fourth-order valence-corrected chi connectivity index (χ4v) is 5.55. The number of allylic oxidation sites excluding steroid dienone is 4. The van der Waals surface area contributed by atoms with Gasteiger partial charge in [0, 0.05) is 0 Å². The van der Waals surface area contributed by atoms with Crippen molar-refractivity contribution in [2.24, 2.45) is 0 Å². The third-order valence-electron chi connectivity index (χ3n) is 6.52. The van der Waals surface area contributed by atoms with Crippen molar-refractivity contribution < 1.29 is 23.9 Å². The molecule has 0 aliphatic rings. The molecule has 0 aliphatic carbocycles. The van der Waals surface area contributed by atoms with Gasteiger partial charge in [-0.15, -0.1) is 0 Å². The molecule has 0 aromatic carbocycles. The van der Waals surface area contributed by atoms with Gasteiger partial charge in [-0.25, -0.2) is 0 Å². The first-order chi connectivity index (χ1) is 16.5. The Balaban J connectivity index is 3.62. The molecule has 35 heavy (non-hydrogen) atoms. The van der Waals surface area contributed by atoms with Crippen LogP contribution in [0.25, 0.3) is 0 Å². The van der Waals surface area contributed by atoms with E-state index >= 15 is 0 Å². The standard InChI is InChI=1S/C29H58NO4P/c1-5-6-7-8-9-10-11-12-13-14-15-16-17-18-19-20-21-22-23-24-25-26-27-29(31,35(32,33)34)28-30(2,3)4/h16-17,22-23,31H,5-15,18-21,24-28H2,1-4H3,(H-,32,33,34)/p+1/b17-16-,23-22-. The van der Waals surface area contributed by atoms with Crippen LogP contribution in [0.1, 0.15) is 129 Å². The van der Waals surface area contributed by atoms with Crippen molar-refractivity contribution in [3.05, 3.63) is 24.3 Å². The summed E-state index contributed by atoms with van der Waals surface area (Å²) in [6.07, 6.45) is 31.4. The molecular formula is C29H59NO4P+. The molecule has 5 nitrogen and oxygen atoms in total. The van der Waals surface area contributed by atoms with Gasteiger partial charge in [0.05, 0.1) is 21.1 Å². The lowest BCUT2D eigenvalue weighted by Gasteiger charge is -2.35. The number of rotatable bonds is 24. The van der Waals surface area contributed by atoms with E-state index < -0.39 is 12.9 Å². The van der Waals surface area contributed by atoms with Crippen LogP contribution in [0.2, 0.25) is 0 Å². The molecule has 0 aromatic rings. The molecule has 0 radical (unpaired) electrons. The largest absolute Gasteiger partial charge is 0.373 e. The van der Waals surface area contributed by atoms with Gasteiger partial charge in [0.1, 0.15) is 6.54 Å². The number of hydrogen-bond donors (Lipinski definition) is 3. The summed E-state index contributed by atoms with van der Waals surface area (Å²) in [4.78, 5) is 19.2. The molecule has 0 saturated carbocycles. The van der Waals surface area contributed by atoms with Crippen molar-refractivity contribution in [1.29, 1.82) is 0 Å². The lowest BCUT2D eigenvalue weighted by molar-refractivity contribution is -0.875. The van der Waals surface area contributed by atoms with Gasteiger partial charge in [0.2, 0.25) is 5.34 Å². The van der Waals surface area contributed by atoms with Crippen molar-refractivity contribution in [1.82, 2.24) is 0 Å². The van der Waals surface area contributed by atoms with E-state index in [1.54, 1.807) is 0 Å². The fraction of sp³-hybridized carbons (Fsp3) is 0.862. The van der Waals surface area contributed by atoms with Crippen molar-refractivity contribution in [2.75, 3.05) is 27.7 Å². The molecule has 0 aliphatic heterocycles. The number of aliphatic hydroxyl groups is 1. The Morgan fingerprint density at radius 1 is 0.629 bits per heavy atom. The number of likely N-dealkylation sites (N-methyl/N-ethyl adjacent to an activating group) is 1. The molecule has 6 heteroatoms. The predicted octanol–water partition coefficient (Wildman–Crippen LogP) is 8.10. The fourth-order valence-electron chi connectivity index (χ4n) is 4.49. The number of quaternary nitrogens is 1. The van der Waals surface area contributed by atoms with Crippen molar-refractivity contribution in [2.45, 2.75) is 134 Å². The van der Waals surface area contributed by atoms with Crippen LogP contribution in [-0.2, 0) is 4.57 Å². The van der Waals surface area contributed by atoms with Crippen LogP contribution in [0.4, 0.5) is 0 Å². The molecule has 0 spiro atoms. The highest BCUT2D eigenvalue weighted by Crippen LogP contribution is 2.52. The van der Waals surface area contributed by atoms with E-state index in [2.05, 4.69) is 31.2 Å². The molecule has 0 fully saturated rings. The van der Waals surface area contributed by atoms with Crippen LogP contribution in [-0.4, -0.2) is 52.4 Å². The van der Waals surface area contributed by atoms with E-state index in [-0.39, 0.29) is 13.0 Å². The van der Waals surface area contributed by atoms with E-state index in [9.17, 15) is 19.5 Å². The summed E-state index contributed by atoms with van der Waals surface area (Å²) in [6.45, 7) is 2.32. The summed E-state index contributed by atoms with van der Waals surface area (Å²) < 4.78 is 12.1. The molecule has 0 rings (SSSR count). The highest BCUT2D eigenvalue weighted by molar-refractivity contribution is 7.53. The zero-order chi connectivity index (χ0) is 26.5. The lowest BCUT2D eigenvalue weighted by Crippen LogP contribution is -2.49. The second kappa shape index (κ2) is 20.6. The molecule has 0 saturated heterocycles. The minimum absolute atomic E-state index is 0.0425. The lowest BCUT2D eigenvalue weighted by atomic mass is 10.1. The molecule has 208 valence electrons. The first kappa shape index (κ1) is 34.6. The van der Waals surface area contributed by atoms with Crippen LogP contribution in [0.5, 0.6) is 0 Å². The first-order valence-corrected chi connectivity index (χ1v) is 16.0. The Hall–Kier alpha value is -0.450. The maximum absolute atomic E-state index is 11.8. The summed E-state index contributed by atoms with van der Waals surface area (Å²) in [5.41, 5.74) is 0. The molecule has 0 amide bonds. The molecule has 3 N–H and O–H groups in total. The van der Waals surface area contributed by atoms with Gasteiger partial charge in [0.25, 0.3) is 0 Å². The minimum atomic E-state index is -4.56. The Morgan fingerprint density at radius 2 is 0.971 bits per heavy atom. The Morgan fingerprint density at radius 3 is 1.34 bits per heavy atom. The van der Waals surface area contributed by atoms with Crippen LogP contribution < -0.4 is 0 Å². The zero-order valence-electron chi connectivity index (χ0n) is 23.6. The summed E-state index contributed by atoms with van der Waals surface area (Å²) in [5, 5.41) is 8.61. The third kappa shape index (κ3) is 21.4. The van der Waals surface area contributed by atoms with Gasteiger partial charge < -0.3 is 19.4 Å². The normalized spacial score (nSPS) is 14.8. The maximum atomic E-state index is 11.8. The molecule has 1 atom stereocenters. The van der Waals surface area contributed by atoms with Gasteiger partial charge in [-0.1, -0.05) is 89.0 Å². The van der Waals surface area contributed by atoms with Gasteiger partial charge in [-0.05, 0) is 64.2 Å². The van der Waals surface area contributed by atoms with Gasteiger partial charge in [0.15, 0.2) is 0 Å². The average Bonchev–Trinajstić information content (AvgIpc) is 2.75. The Labute approximate surface area is 217 Å². The van der Waals surface area contributed by atoms with E-state index in [0.717, 1.165) is 19.3 Å². The number of unbranched alkanes of at least 4 members (excludes halogenated alkanes) is 15. The Bertz CT molecular complexity index is 594. The Kier molecular flexibility index (Phi) is 20.3. The molecule has 0 bridgehead atoms. The van der Waals surface area contributed by atoms with E-state index in [0.29, 0.717) is 10.9 Å². The average molecular weight is 517 g/mol. The molecule has 1 unspecified atom stereocenters. The smallest absolute Gasteiger partial charge is 0.362 e. The first-order valence-electron chi connectivity index (χ1n) is 14.4. The van der Waals surface area contributed by atoms with Gasteiger partial charge >= 0.3 is 7.60 Å². The van der Waals surface area contributed by atoms with E-state index in [4.69, 9.17) is 0 Å². The van der Waals surface area contributed by atoms with E-state index in [1.165, 1.54) is 89.9 Å².